The second kappa shape index (κ2) is 8.97. The van der Waals surface area contributed by atoms with Crippen LogP contribution in [0.2, 0.25) is 0 Å². The molecule has 31 heavy (non-hydrogen) atoms. The summed E-state index contributed by atoms with van der Waals surface area (Å²) in [4.78, 5) is 33.7. The molecular weight excluding hydrogens is 390 g/mol. The Bertz CT molecular complexity index is 850. The monoisotopic (exact) mass is 425 g/mol. The molecule has 3 heterocycles. The number of pyridine rings is 1. The molecule has 2 N–H and O–H groups in total. The molecule has 2 saturated heterocycles. The topological polar surface area (TPSA) is 89.4 Å². The van der Waals surface area contributed by atoms with Crippen LogP contribution < -0.4 is 5.32 Å². The van der Waals surface area contributed by atoms with Gasteiger partial charge < -0.3 is 10.2 Å². The van der Waals surface area contributed by atoms with E-state index in [0.717, 1.165) is 24.8 Å². The first kappa shape index (κ1) is 21.8. The quantitative estimate of drug-likeness (QED) is 0.732. The fraction of sp³-hybridized carbons (Fsp3) is 0.667. The van der Waals surface area contributed by atoms with Crippen molar-refractivity contribution in [1.29, 1.82) is 5.41 Å². The zero-order chi connectivity index (χ0) is 22.0. The SMILES string of the molecule is Cc1ccncc1C(=O)N1CCC(C[C@]2(CCC3CCCCC3)NC(=N)N(C)C2=O)C1. The number of carbonyl (C=O) groups is 2. The Hall–Kier alpha value is -2.44. The Balaban J connectivity index is 1.44. The zero-order valence-corrected chi connectivity index (χ0v) is 18.8. The van der Waals surface area contributed by atoms with Crippen LogP contribution in [0.1, 0.15) is 73.7 Å². The van der Waals surface area contributed by atoms with Crippen LogP contribution in [0.15, 0.2) is 18.5 Å². The lowest BCUT2D eigenvalue weighted by Crippen LogP contribution is -2.49. The Morgan fingerprint density at radius 3 is 2.71 bits per heavy atom. The number of likely N-dealkylation sites (tertiary alicyclic amines) is 1. The lowest BCUT2D eigenvalue weighted by molar-refractivity contribution is -0.131. The van der Waals surface area contributed by atoms with Gasteiger partial charge in [0.15, 0.2) is 5.96 Å². The van der Waals surface area contributed by atoms with Gasteiger partial charge in [0.1, 0.15) is 5.54 Å². The van der Waals surface area contributed by atoms with Gasteiger partial charge in [-0.2, -0.15) is 0 Å². The molecule has 3 aliphatic rings. The predicted molar refractivity (Wildman–Crippen MR) is 120 cm³/mol. The van der Waals surface area contributed by atoms with Gasteiger partial charge in [-0.25, -0.2) is 0 Å². The van der Waals surface area contributed by atoms with Crippen molar-refractivity contribution in [2.75, 3.05) is 20.1 Å². The molecule has 168 valence electrons. The van der Waals surface area contributed by atoms with E-state index in [1.165, 1.54) is 37.0 Å². The number of nitrogens with one attached hydrogen (secondary N) is 2. The van der Waals surface area contributed by atoms with Gasteiger partial charge in [0.2, 0.25) is 0 Å². The molecule has 4 rings (SSSR count). The average Bonchev–Trinajstić information content (AvgIpc) is 3.32. The number of hydrogen-bond donors (Lipinski definition) is 2. The zero-order valence-electron chi connectivity index (χ0n) is 18.8. The second-order valence-corrected chi connectivity index (χ2v) is 9.76. The first-order chi connectivity index (χ1) is 14.9. The average molecular weight is 426 g/mol. The molecule has 2 amide bonds. The number of likely N-dealkylation sites (N-methyl/N-ethyl adjacent to an activating group) is 1. The lowest BCUT2D eigenvalue weighted by Gasteiger charge is -2.32. The van der Waals surface area contributed by atoms with Gasteiger partial charge in [0.25, 0.3) is 11.8 Å². The van der Waals surface area contributed by atoms with Crippen LogP contribution in [0.4, 0.5) is 0 Å². The van der Waals surface area contributed by atoms with Crippen molar-refractivity contribution in [1.82, 2.24) is 20.1 Å². The maximum atomic E-state index is 13.2. The summed E-state index contributed by atoms with van der Waals surface area (Å²) >= 11 is 0. The predicted octanol–water partition coefficient (Wildman–Crippen LogP) is 3.34. The van der Waals surface area contributed by atoms with Crippen molar-refractivity contribution in [2.45, 2.75) is 70.3 Å². The Kier molecular flexibility index (Phi) is 6.30. The van der Waals surface area contributed by atoms with E-state index in [-0.39, 0.29) is 23.7 Å². The first-order valence-corrected chi connectivity index (χ1v) is 11.7. The summed E-state index contributed by atoms with van der Waals surface area (Å²) in [6, 6.07) is 1.86. The number of carbonyl (C=O) groups excluding carboxylic acids is 2. The Morgan fingerprint density at radius 1 is 1.26 bits per heavy atom. The summed E-state index contributed by atoms with van der Waals surface area (Å²) in [6.07, 6.45) is 13.2. The van der Waals surface area contributed by atoms with Gasteiger partial charge in [0.05, 0.1) is 5.56 Å². The molecule has 1 aliphatic carbocycles. The molecule has 1 aromatic rings. The van der Waals surface area contributed by atoms with Gasteiger partial charge in [-0.15, -0.1) is 0 Å². The molecule has 2 aliphatic heterocycles. The highest BCUT2D eigenvalue weighted by Gasteiger charge is 2.49. The molecule has 7 heteroatoms. The standard InChI is InChI=1S/C24H35N5O2/c1-17-9-12-26-15-20(17)21(30)29-13-10-19(16-29)14-24(22(31)28(2)23(25)27-24)11-8-18-6-4-3-5-7-18/h9,12,15,18-19H,3-8,10-11,13-14,16H2,1-2H3,(H2,25,27)/t19?,24-/m0/s1. The molecule has 0 aromatic carbocycles. The Morgan fingerprint density at radius 2 is 2.03 bits per heavy atom. The fourth-order valence-electron chi connectivity index (χ4n) is 5.66. The van der Waals surface area contributed by atoms with E-state index in [9.17, 15) is 9.59 Å². The number of amides is 2. The van der Waals surface area contributed by atoms with Gasteiger partial charge in [-0.1, -0.05) is 32.1 Å². The largest absolute Gasteiger partial charge is 0.342 e. The molecule has 1 saturated carbocycles. The van der Waals surface area contributed by atoms with E-state index in [1.54, 1.807) is 19.4 Å². The van der Waals surface area contributed by atoms with Crippen LogP contribution in [-0.4, -0.2) is 58.2 Å². The van der Waals surface area contributed by atoms with Crippen molar-refractivity contribution in [3.8, 4) is 0 Å². The van der Waals surface area contributed by atoms with Gasteiger partial charge in [-0.05, 0) is 56.1 Å². The molecular formula is C24H35N5O2. The number of hydrogen-bond acceptors (Lipinski definition) is 4. The summed E-state index contributed by atoms with van der Waals surface area (Å²) in [5.74, 6) is 1.19. The van der Waals surface area contributed by atoms with Crippen LogP contribution in [0.3, 0.4) is 0 Å². The minimum atomic E-state index is -0.697. The maximum Gasteiger partial charge on any atom is 0.255 e. The molecule has 3 fully saturated rings. The van der Waals surface area contributed by atoms with Crippen molar-refractivity contribution >= 4 is 17.8 Å². The van der Waals surface area contributed by atoms with Crippen LogP contribution in [0.25, 0.3) is 0 Å². The van der Waals surface area contributed by atoms with Crippen LogP contribution in [0, 0.1) is 24.2 Å². The van der Waals surface area contributed by atoms with Crippen molar-refractivity contribution in [3.63, 3.8) is 0 Å². The molecule has 1 aromatic heterocycles. The third-order valence-corrected chi connectivity index (χ3v) is 7.59. The molecule has 2 atom stereocenters. The van der Waals surface area contributed by atoms with E-state index < -0.39 is 5.54 Å². The lowest BCUT2D eigenvalue weighted by atomic mass is 9.78. The minimum absolute atomic E-state index is 0.0150. The van der Waals surface area contributed by atoms with Gasteiger partial charge in [0, 0.05) is 32.5 Å². The van der Waals surface area contributed by atoms with Crippen molar-refractivity contribution < 1.29 is 9.59 Å². The Labute approximate surface area is 185 Å². The number of rotatable bonds is 6. The highest BCUT2D eigenvalue weighted by atomic mass is 16.2. The summed E-state index contributed by atoms with van der Waals surface area (Å²) < 4.78 is 0. The van der Waals surface area contributed by atoms with E-state index in [2.05, 4.69) is 10.3 Å². The minimum Gasteiger partial charge on any atom is -0.342 e. The second-order valence-electron chi connectivity index (χ2n) is 9.76. The highest BCUT2D eigenvalue weighted by Crippen LogP contribution is 2.36. The third kappa shape index (κ3) is 4.46. The van der Waals surface area contributed by atoms with E-state index in [1.807, 2.05) is 17.9 Å². The van der Waals surface area contributed by atoms with Crippen LogP contribution in [-0.2, 0) is 4.79 Å². The summed E-state index contributed by atoms with van der Waals surface area (Å²) in [6.45, 7) is 3.30. The number of aryl methyl sites for hydroxylation is 1. The van der Waals surface area contributed by atoms with Crippen molar-refractivity contribution in [2.24, 2.45) is 11.8 Å². The van der Waals surface area contributed by atoms with Crippen LogP contribution in [0.5, 0.6) is 0 Å². The fourth-order valence-corrected chi connectivity index (χ4v) is 5.66. The number of guanidine groups is 1. The molecule has 0 radical (unpaired) electrons. The molecule has 1 unspecified atom stereocenters. The third-order valence-electron chi connectivity index (χ3n) is 7.59. The highest BCUT2D eigenvalue weighted by molar-refractivity contribution is 6.07. The normalized spacial score (nSPS) is 27.1. The molecule has 0 spiro atoms. The molecule has 7 nitrogen and oxygen atoms in total. The summed E-state index contributed by atoms with van der Waals surface area (Å²) in [7, 11) is 1.69. The van der Waals surface area contributed by atoms with Crippen LogP contribution >= 0.6 is 0 Å². The van der Waals surface area contributed by atoms with E-state index in [4.69, 9.17) is 5.41 Å². The summed E-state index contributed by atoms with van der Waals surface area (Å²) in [5.41, 5.74) is 0.902. The summed E-state index contributed by atoms with van der Waals surface area (Å²) in [5, 5.41) is 11.5. The van der Waals surface area contributed by atoms with Gasteiger partial charge >= 0.3 is 0 Å². The number of aromatic nitrogens is 1. The van der Waals surface area contributed by atoms with Crippen molar-refractivity contribution in [3.05, 3.63) is 29.6 Å². The van der Waals surface area contributed by atoms with E-state index >= 15 is 0 Å². The maximum absolute atomic E-state index is 13.2. The molecule has 0 bridgehead atoms. The van der Waals surface area contributed by atoms with Gasteiger partial charge in [-0.3, -0.25) is 24.9 Å². The first-order valence-electron chi connectivity index (χ1n) is 11.7. The van der Waals surface area contributed by atoms with E-state index in [0.29, 0.717) is 31.0 Å². The number of nitrogens with zero attached hydrogens (tertiary/aromatic N) is 3. The smallest absolute Gasteiger partial charge is 0.255 e.